The van der Waals surface area contributed by atoms with Crippen LogP contribution in [0, 0.1) is 0 Å². The van der Waals surface area contributed by atoms with E-state index >= 15 is 0 Å². The first kappa shape index (κ1) is 15.0. The molecule has 0 aromatic heterocycles. The van der Waals surface area contributed by atoms with Crippen molar-refractivity contribution in [2.24, 2.45) is 0 Å². The largest absolute Gasteiger partial charge is 0.491 e. The minimum atomic E-state index is -0.581. The molecule has 0 radical (unpaired) electrons. The summed E-state index contributed by atoms with van der Waals surface area (Å²) in [6.45, 7) is 6.92. The highest BCUT2D eigenvalue weighted by Crippen LogP contribution is 2.13. The first-order chi connectivity index (χ1) is 8.76. The number of ether oxygens (including phenoxy) is 2. The second kappa shape index (κ2) is 8.91. The summed E-state index contributed by atoms with van der Waals surface area (Å²) in [7, 11) is 0. The minimum absolute atomic E-state index is 0.255. The second-order valence-electron chi connectivity index (χ2n) is 4.05. The number of rotatable bonds is 9. The van der Waals surface area contributed by atoms with Crippen molar-refractivity contribution in [3.8, 4) is 5.75 Å². The summed E-state index contributed by atoms with van der Waals surface area (Å²) in [6.07, 6.45) is -0.581. The molecule has 0 spiro atoms. The van der Waals surface area contributed by atoms with Gasteiger partial charge in [-0.25, -0.2) is 0 Å². The van der Waals surface area contributed by atoms with Gasteiger partial charge >= 0.3 is 0 Å². The van der Waals surface area contributed by atoms with Crippen LogP contribution in [0.5, 0.6) is 5.75 Å². The van der Waals surface area contributed by atoms with Gasteiger partial charge in [0.15, 0.2) is 0 Å². The van der Waals surface area contributed by atoms with Crippen molar-refractivity contribution >= 4 is 0 Å². The zero-order valence-corrected chi connectivity index (χ0v) is 11.2. The molecule has 2 N–H and O–H groups in total. The van der Waals surface area contributed by atoms with Crippen molar-refractivity contribution < 1.29 is 14.6 Å². The first-order valence-electron chi connectivity index (χ1n) is 6.44. The fourth-order valence-corrected chi connectivity index (χ4v) is 1.51. The summed E-state index contributed by atoms with van der Waals surface area (Å²) in [5.41, 5.74) is 1.17. The highest BCUT2D eigenvalue weighted by atomic mass is 16.5. The molecule has 0 heterocycles. The van der Waals surface area contributed by atoms with Crippen molar-refractivity contribution in [1.82, 2.24) is 5.32 Å². The van der Waals surface area contributed by atoms with E-state index in [4.69, 9.17) is 9.47 Å². The van der Waals surface area contributed by atoms with Crippen LogP contribution in [-0.2, 0) is 11.3 Å². The van der Waals surface area contributed by atoms with E-state index in [2.05, 4.69) is 12.2 Å². The molecule has 1 unspecified atom stereocenters. The Morgan fingerprint density at radius 1 is 1.28 bits per heavy atom. The smallest absolute Gasteiger partial charge is 0.119 e. The number of hydrogen-bond donors (Lipinski definition) is 2. The van der Waals surface area contributed by atoms with Crippen molar-refractivity contribution in [2.45, 2.75) is 26.5 Å². The van der Waals surface area contributed by atoms with Gasteiger partial charge in [-0.05, 0) is 31.2 Å². The normalized spacial score (nSPS) is 12.4. The van der Waals surface area contributed by atoms with Crippen LogP contribution in [0.4, 0.5) is 0 Å². The maximum atomic E-state index is 9.59. The molecule has 1 aromatic rings. The lowest BCUT2D eigenvalue weighted by atomic mass is 10.2. The Kier molecular flexibility index (Phi) is 7.41. The zero-order valence-electron chi connectivity index (χ0n) is 11.2. The lowest BCUT2D eigenvalue weighted by molar-refractivity contribution is 0.0164. The van der Waals surface area contributed by atoms with E-state index in [1.54, 1.807) is 0 Å². The molecular weight excluding hydrogens is 230 g/mol. The van der Waals surface area contributed by atoms with E-state index in [9.17, 15) is 5.11 Å². The third-order valence-corrected chi connectivity index (χ3v) is 2.43. The highest BCUT2D eigenvalue weighted by Gasteiger charge is 2.05. The fraction of sp³-hybridized carbons (Fsp3) is 0.571. The standard InChI is InChI=1S/C14H23NO3/c1-3-15-9-12-6-5-7-14(8-12)18-11-13(16)10-17-4-2/h5-8,13,15-16H,3-4,9-11H2,1-2H3. The molecule has 1 rings (SSSR count). The summed E-state index contributed by atoms with van der Waals surface area (Å²) >= 11 is 0. The van der Waals surface area contributed by atoms with Gasteiger partial charge in [-0.15, -0.1) is 0 Å². The maximum absolute atomic E-state index is 9.59. The van der Waals surface area contributed by atoms with E-state index in [0.717, 1.165) is 18.8 Å². The van der Waals surface area contributed by atoms with Crippen LogP contribution < -0.4 is 10.1 Å². The van der Waals surface area contributed by atoms with E-state index < -0.39 is 6.10 Å². The van der Waals surface area contributed by atoms with Gasteiger partial charge in [-0.3, -0.25) is 0 Å². The van der Waals surface area contributed by atoms with Gasteiger partial charge < -0.3 is 19.9 Å². The molecule has 1 atom stereocenters. The number of aliphatic hydroxyl groups is 1. The molecule has 4 heteroatoms. The average molecular weight is 253 g/mol. The molecule has 0 aliphatic carbocycles. The molecule has 18 heavy (non-hydrogen) atoms. The van der Waals surface area contributed by atoms with E-state index in [-0.39, 0.29) is 6.61 Å². The first-order valence-corrected chi connectivity index (χ1v) is 6.44. The molecular formula is C14H23NO3. The number of aliphatic hydroxyl groups excluding tert-OH is 1. The van der Waals surface area contributed by atoms with Gasteiger partial charge in [0.1, 0.15) is 18.5 Å². The lowest BCUT2D eigenvalue weighted by Gasteiger charge is -2.13. The fourth-order valence-electron chi connectivity index (χ4n) is 1.51. The summed E-state index contributed by atoms with van der Waals surface area (Å²) in [5.74, 6) is 0.779. The van der Waals surface area contributed by atoms with Crippen LogP contribution in [0.2, 0.25) is 0 Å². The number of benzene rings is 1. The topological polar surface area (TPSA) is 50.7 Å². The Balaban J connectivity index is 2.37. The average Bonchev–Trinajstić information content (AvgIpc) is 2.41. The number of hydrogen-bond acceptors (Lipinski definition) is 4. The van der Waals surface area contributed by atoms with Crippen molar-refractivity contribution in [3.63, 3.8) is 0 Å². The van der Waals surface area contributed by atoms with E-state index in [1.165, 1.54) is 5.56 Å². The van der Waals surface area contributed by atoms with Gasteiger partial charge in [0.25, 0.3) is 0 Å². The zero-order chi connectivity index (χ0) is 13.2. The van der Waals surface area contributed by atoms with Crippen LogP contribution in [-0.4, -0.2) is 37.6 Å². The van der Waals surface area contributed by atoms with Crippen molar-refractivity contribution in [1.29, 1.82) is 0 Å². The van der Waals surface area contributed by atoms with Gasteiger partial charge in [0, 0.05) is 13.2 Å². The molecule has 0 saturated heterocycles. The van der Waals surface area contributed by atoms with Gasteiger partial charge in [-0.1, -0.05) is 19.1 Å². The van der Waals surface area contributed by atoms with Crippen LogP contribution >= 0.6 is 0 Å². The third kappa shape index (κ3) is 6.00. The highest BCUT2D eigenvalue weighted by molar-refractivity contribution is 5.28. The Morgan fingerprint density at radius 3 is 2.83 bits per heavy atom. The maximum Gasteiger partial charge on any atom is 0.119 e. The van der Waals surface area contributed by atoms with Crippen molar-refractivity contribution in [2.75, 3.05) is 26.4 Å². The Hall–Kier alpha value is -1.10. The molecule has 0 aliphatic heterocycles. The van der Waals surface area contributed by atoms with E-state index in [1.807, 2.05) is 31.2 Å². The summed E-state index contributed by atoms with van der Waals surface area (Å²) in [6, 6.07) is 7.88. The molecule has 0 amide bonds. The lowest BCUT2D eigenvalue weighted by Crippen LogP contribution is -2.23. The molecule has 1 aromatic carbocycles. The summed E-state index contributed by atoms with van der Waals surface area (Å²) < 4.78 is 10.6. The van der Waals surface area contributed by atoms with E-state index in [0.29, 0.717) is 13.2 Å². The predicted molar refractivity (Wildman–Crippen MR) is 71.8 cm³/mol. The molecule has 102 valence electrons. The predicted octanol–water partition coefficient (Wildman–Crippen LogP) is 1.57. The Bertz CT molecular complexity index is 331. The van der Waals surface area contributed by atoms with Crippen molar-refractivity contribution in [3.05, 3.63) is 29.8 Å². The van der Waals surface area contributed by atoms with Crippen LogP contribution in [0.25, 0.3) is 0 Å². The molecule has 0 bridgehead atoms. The summed E-state index contributed by atoms with van der Waals surface area (Å²) in [4.78, 5) is 0. The van der Waals surface area contributed by atoms with Gasteiger partial charge in [0.2, 0.25) is 0 Å². The second-order valence-corrected chi connectivity index (χ2v) is 4.05. The minimum Gasteiger partial charge on any atom is -0.491 e. The summed E-state index contributed by atoms with van der Waals surface area (Å²) in [5, 5.41) is 12.8. The SMILES string of the molecule is CCNCc1cccc(OCC(O)COCC)c1. The van der Waals surface area contributed by atoms with Crippen LogP contribution in [0.3, 0.4) is 0 Å². The van der Waals surface area contributed by atoms with Crippen LogP contribution in [0.1, 0.15) is 19.4 Å². The molecule has 0 saturated carbocycles. The molecule has 4 nitrogen and oxygen atoms in total. The third-order valence-electron chi connectivity index (χ3n) is 2.43. The van der Waals surface area contributed by atoms with Crippen LogP contribution in [0.15, 0.2) is 24.3 Å². The monoisotopic (exact) mass is 253 g/mol. The molecule has 0 aliphatic rings. The quantitative estimate of drug-likeness (QED) is 0.701. The van der Waals surface area contributed by atoms with Gasteiger partial charge in [-0.2, -0.15) is 0 Å². The Morgan fingerprint density at radius 2 is 2.11 bits per heavy atom. The Labute approximate surface area is 109 Å². The number of nitrogens with one attached hydrogen (secondary N) is 1. The molecule has 0 fully saturated rings. The van der Waals surface area contributed by atoms with Gasteiger partial charge in [0.05, 0.1) is 6.61 Å².